The molecular formula is C18H24N2O4. The normalized spacial score (nSPS) is 11.5. The van der Waals surface area contributed by atoms with Crippen molar-refractivity contribution in [1.29, 1.82) is 0 Å². The van der Waals surface area contributed by atoms with Crippen molar-refractivity contribution < 1.29 is 19.1 Å². The molecule has 0 aliphatic rings. The Kier molecular flexibility index (Phi) is 5.59. The molecule has 0 spiro atoms. The smallest absolute Gasteiger partial charge is 0.419 e. The fourth-order valence-corrected chi connectivity index (χ4v) is 2.30. The summed E-state index contributed by atoms with van der Waals surface area (Å²) >= 11 is 0. The van der Waals surface area contributed by atoms with Crippen LogP contribution in [-0.4, -0.2) is 33.8 Å². The van der Waals surface area contributed by atoms with Gasteiger partial charge < -0.3 is 9.47 Å². The van der Waals surface area contributed by atoms with Crippen LogP contribution < -0.4 is 0 Å². The second-order valence-corrected chi connectivity index (χ2v) is 6.62. The maximum Gasteiger partial charge on any atom is 0.419 e. The molecule has 2 aromatic rings. The van der Waals surface area contributed by atoms with E-state index in [0.29, 0.717) is 17.5 Å². The number of ether oxygens (including phenoxy) is 2. The Labute approximate surface area is 141 Å². The van der Waals surface area contributed by atoms with Crippen LogP contribution in [-0.2, 0) is 9.47 Å². The molecule has 130 valence electrons. The standard InChI is InChI=1S/C18H24N2O4/c1-5-6-7-10-23-16(21)15-11-13-12-19-9-8-14(13)20(15)17(22)24-18(2,3)4/h8-9,11-12H,5-7,10H2,1-4H3. The van der Waals surface area contributed by atoms with Crippen LogP contribution >= 0.6 is 0 Å². The Balaban J connectivity index is 2.33. The fourth-order valence-electron chi connectivity index (χ4n) is 2.30. The third-order valence-corrected chi connectivity index (χ3v) is 3.37. The van der Waals surface area contributed by atoms with Gasteiger partial charge in [0.05, 0.1) is 12.1 Å². The van der Waals surface area contributed by atoms with E-state index >= 15 is 0 Å². The van der Waals surface area contributed by atoms with Crippen LogP contribution in [0, 0.1) is 0 Å². The van der Waals surface area contributed by atoms with E-state index in [4.69, 9.17) is 9.47 Å². The first kappa shape index (κ1) is 18.0. The van der Waals surface area contributed by atoms with Crippen LogP contribution in [0.5, 0.6) is 0 Å². The molecule has 0 unspecified atom stereocenters. The van der Waals surface area contributed by atoms with Gasteiger partial charge in [0.2, 0.25) is 0 Å². The van der Waals surface area contributed by atoms with Gasteiger partial charge in [-0.2, -0.15) is 0 Å². The van der Waals surface area contributed by atoms with E-state index < -0.39 is 17.7 Å². The van der Waals surface area contributed by atoms with E-state index in [1.165, 1.54) is 4.57 Å². The van der Waals surface area contributed by atoms with E-state index in [1.807, 2.05) is 0 Å². The van der Waals surface area contributed by atoms with Gasteiger partial charge in [0, 0.05) is 17.8 Å². The number of pyridine rings is 1. The maximum atomic E-state index is 12.5. The molecule has 0 aromatic carbocycles. The molecule has 0 bridgehead atoms. The van der Waals surface area contributed by atoms with Crippen LogP contribution in [0.4, 0.5) is 4.79 Å². The van der Waals surface area contributed by atoms with E-state index in [2.05, 4.69) is 11.9 Å². The van der Waals surface area contributed by atoms with E-state index in [-0.39, 0.29) is 5.69 Å². The number of hydrogen-bond donors (Lipinski definition) is 0. The number of esters is 1. The first-order valence-electron chi connectivity index (χ1n) is 8.19. The summed E-state index contributed by atoms with van der Waals surface area (Å²) in [5.74, 6) is -0.534. The molecule has 2 rings (SSSR count). The lowest BCUT2D eigenvalue weighted by Crippen LogP contribution is -2.29. The average Bonchev–Trinajstić information content (AvgIpc) is 2.89. The lowest BCUT2D eigenvalue weighted by Gasteiger charge is -2.20. The average molecular weight is 332 g/mol. The summed E-state index contributed by atoms with van der Waals surface area (Å²) in [5.41, 5.74) is 0.0618. The summed E-state index contributed by atoms with van der Waals surface area (Å²) in [5, 5.41) is 0.684. The number of carbonyl (C=O) groups is 2. The van der Waals surface area contributed by atoms with Crippen LogP contribution in [0.3, 0.4) is 0 Å². The summed E-state index contributed by atoms with van der Waals surface area (Å²) < 4.78 is 12.0. The van der Waals surface area contributed by atoms with E-state index in [9.17, 15) is 9.59 Å². The number of nitrogens with zero attached hydrogens (tertiary/aromatic N) is 2. The topological polar surface area (TPSA) is 70.4 Å². The quantitative estimate of drug-likeness (QED) is 0.607. The molecule has 2 heterocycles. The first-order chi connectivity index (χ1) is 11.3. The largest absolute Gasteiger partial charge is 0.461 e. The molecule has 0 saturated heterocycles. The number of rotatable bonds is 5. The summed E-state index contributed by atoms with van der Waals surface area (Å²) in [4.78, 5) is 29.0. The van der Waals surface area contributed by atoms with Crippen LogP contribution in [0.25, 0.3) is 10.9 Å². The molecule has 6 heteroatoms. The highest BCUT2D eigenvalue weighted by atomic mass is 16.6. The van der Waals surface area contributed by atoms with Gasteiger partial charge >= 0.3 is 12.1 Å². The molecule has 0 N–H and O–H groups in total. The van der Waals surface area contributed by atoms with Crippen molar-refractivity contribution in [1.82, 2.24) is 9.55 Å². The van der Waals surface area contributed by atoms with E-state index in [0.717, 1.165) is 19.3 Å². The molecule has 0 saturated carbocycles. The Hall–Kier alpha value is -2.37. The predicted octanol–water partition coefficient (Wildman–Crippen LogP) is 4.17. The number of carbonyl (C=O) groups excluding carboxylic acids is 2. The fraction of sp³-hybridized carbons (Fsp3) is 0.500. The second-order valence-electron chi connectivity index (χ2n) is 6.62. The third kappa shape index (κ3) is 4.34. The minimum absolute atomic E-state index is 0.156. The third-order valence-electron chi connectivity index (χ3n) is 3.37. The lowest BCUT2D eigenvalue weighted by atomic mass is 10.2. The Morgan fingerprint density at radius 3 is 2.67 bits per heavy atom. The second kappa shape index (κ2) is 7.47. The summed E-state index contributed by atoms with van der Waals surface area (Å²) in [6.45, 7) is 7.75. The minimum atomic E-state index is -0.664. The zero-order valence-corrected chi connectivity index (χ0v) is 14.7. The van der Waals surface area contributed by atoms with Gasteiger partial charge in [-0.05, 0) is 39.3 Å². The molecule has 6 nitrogen and oxygen atoms in total. The molecule has 0 amide bonds. The molecule has 24 heavy (non-hydrogen) atoms. The zero-order chi connectivity index (χ0) is 17.7. The predicted molar refractivity (Wildman–Crippen MR) is 91.2 cm³/mol. The van der Waals surface area contributed by atoms with Gasteiger partial charge in [-0.25, -0.2) is 14.2 Å². The highest BCUT2D eigenvalue weighted by molar-refractivity contribution is 6.01. The zero-order valence-electron chi connectivity index (χ0n) is 14.7. The van der Waals surface area contributed by atoms with Crippen molar-refractivity contribution in [3.8, 4) is 0 Å². The molecule has 0 atom stereocenters. The molecular weight excluding hydrogens is 308 g/mol. The Morgan fingerprint density at radius 1 is 1.25 bits per heavy atom. The van der Waals surface area contributed by atoms with Crippen molar-refractivity contribution in [2.24, 2.45) is 0 Å². The Bertz CT molecular complexity index is 728. The molecule has 2 aromatic heterocycles. The Morgan fingerprint density at radius 2 is 2.00 bits per heavy atom. The van der Waals surface area contributed by atoms with Crippen LogP contribution in [0.2, 0.25) is 0 Å². The highest BCUT2D eigenvalue weighted by Crippen LogP contribution is 2.22. The number of hydrogen-bond acceptors (Lipinski definition) is 5. The summed E-state index contributed by atoms with van der Waals surface area (Å²) in [6, 6.07) is 3.28. The van der Waals surface area contributed by atoms with Crippen molar-refractivity contribution in [3.63, 3.8) is 0 Å². The lowest BCUT2D eigenvalue weighted by molar-refractivity contribution is 0.0436. The van der Waals surface area contributed by atoms with Gasteiger partial charge in [0.1, 0.15) is 11.3 Å². The number of fused-ring (bicyclic) bond motifs is 1. The minimum Gasteiger partial charge on any atom is -0.461 e. The monoisotopic (exact) mass is 332 g/mol. The van der Waals surface area contributed by atoms with Crippen LogP contribution in [0.15, 0.2) is 24.5 Å². The van der Waals surface area contributed by atoms with Crippen LogP contribution in [0.1, 0.15) is 57.4 Å². The number of unbranched alkanes of at least 4 members (excludes halogenated alkanes) is 2. The summed E-state index contributed by atoms with van der Waals surface area (Å²) in [6.07, 6.45) is 5.40. The summed E-state index contributed by atoms with van der Waals surface area (Å²) in [7, 11) is 0. The van der Waals surface area contributed by atoms with Crippen molar-refractivity contribution in [3.05, 3.63) is 30.2 Å². The van der Waals surface area contributed by atoms with Gasteiger partial charge in [0.15, 0.2) is 0 Å². The SMILES string of the molecule is CCCCCOC(=O)c1cc2cnccc2n1C(=O)OC(C)(C)C. The highest BCUT2D eigenvalue weighted by Gasteiger charge is 2.25. The molecule has 0 radical (unpaired) electrons. The van der Waals surface area contributed by atoms with Gasteiger partial charge in [-0.1, -0.05) is 19.8 Å². The maximum absolute atomic E-state index is 12.5. The molecule has 0 fully saturated rings. The van der Waals surface area contributed by atoms with Crippen molar-refractivity contribution in [2.75, 3.05) is 6.61 Å². The van der Waals surface area contributed by atoms with Crippen molar-refractivity contribution >= 4 is 23.0 Å². The van der Waals surface area contributed by atoms with Crippen molar-refractivity contribution in [2.45, 2.75) is 52.6 Å². The van der Waals surface area contributed by atoms with Gasteiger partial charge in [0.25, 0.3) is 0 Å². The van der Waals surface area contributed by atoms with Gasteiger partial charge in [-0.15, -0.1) is 0 Å². The van der Waals surface area contributed by atoms with E-state index in [1.54, 1.807) is 45.3 Å². The molecule has 0 aliphatic carbocycles. The van der Waals surface area contributed by atoms with Gasteiger partial charge in [-0.3, -0.25) is 4.98 Å². The molecule has 0 aliphatic heterocycles. The number of aromatic nitrogens is 2. The first-order valence-corrected chi connectivity index (χ1v) is 8.19.